The van der Waals surface area contributed by atoms with Gasteiger partial charge in [0, 0.05) is 25.7 Å². The third kappa shape index (κ3) is 15.3. The molecule has 0 saturated heterocycles. The van der Waals surface area contributed by atoms with Crippen molar-refractivity contribution in [1.29, 1.82) is 0 Å². The van der Waals surface area contributed by atoms with Crippen LogP contribution in [0.4, 0.5) is 9.59 Å². The zero-order chi connectivity index (χ0) is 31.8. The normalized spacial score (nSPS) is 11.2. The zero-order valence-electron chi connectivity index (χ0n) is 25.3. The maximum absolute atomic E-state index is 12.1. The molecule has 44 heavy (non-hydrogen) atoms. The predicted octanol–water partition coefficient (Wildman–Crippen LogP) is 4.35. The highest BCUT2D eigenvalue weighted by Gasteiger charge is 2.23. The van der Waals surface area contributed by atoms with Gasteiger partial charge in [-0.1, -0.05) is 72.5 Å². The lowest BCUT2D eigenvalue weighted by atomic mass is 10.1. The largest absolute Gasteiger partial charge is 0.467 e. The van der Waals surface area contributed by atoms with E-state index in [-0.39, 0.29) is 13.2 Å². The van der Waals surface area contributed by atoms with E-state index in [0.29, 0.717) is 38.5 Å². The Kier molecular flexibility index (Phi) is 17.4. The number of esters is 2. The summed E-state index contributed by atoms with van der Waals surface area (Å²) in [5.74, 6) is 10.5. The molecule has 2 amide bonds. The first-order valence-electron chi connectivity index (χ1n) is 14.5. The molecule has 10 heteroatoms. The number of methoxy groups -OCH3 is 2. The smallest absolute Gasteiger partial charge is 0.407 e. The summed E-state index contributed by atoms with van der Waals surface area (Å²) in [5.41, 5.74) is 1.79. The Morgan fingerprint density at radius 1 is 0.614 bits per heavy atom. The molecule has 0 bridgehead atoms. The molecule has 0 aliphatic rings. The lowest BCUT2D eigenvalue weighted by molar-refractivity contribution is -0.143. The number of ether oxygens (including phenoxy) is 4. The number of nitrogens with one attached hydrogen (secondary N) is 2. The van der Waals surface area contributed by atoms with Gasteiger partial charge < -0.3 is 29.6 Å². The van der Waals surface area contributed by atoms with Crippen LogP contribution in [0.5, 0.6) is 0 Å². The summed E-state index contributed by atoms with van der Waals surface area (Å²) in [4.78, 5) is 48.3. The van der Waals surface area contributed by atoms with Crippen molar-refractivity contribution >= 4 is 24.1 Å². The average molecular weight is 605 g/mol. The van der Waals surface area contributed by atoms with Gasteiger partial charge in [-0.15, -0.1) is 0 Å². The van der Waals surface area contributed by atoms with E-state index in [4.69, 9.17) is 18.9 Å². The topological polar surface area (TPSA) is 129 Å². The van der Waals surface area contributed by atoms with Gasteiger partial charge in [-0.25, -0.2) is 19.2 Å². The van der Waals surface area contributed by atoms with Gasteiger partial charge in [-0.05, 0) is 48.7 Å². The van der Waals surface area contributed by atoms with Crippen LogP contribution in [-0.2, 0) is 41.4 Å². The standard InChI is InChI=1S/C34H40N2O8/c1-41-31(37)29(25-27-19-13-11-14-20-27)35-33(39)43-23-17-9-7-5-3-4-6-8-10-18-24-44-34(40)36-30(32(38)42-2)26-28-21-15-12-16-22-28/h11-16,19-22,29-30H,7-10,17-18,23-26H2,1-2H3,(H,35,39)(H,36,40)/t29-,30-/m0/s1. The highest BCUT2D eigenvalue weighted by atomic mass is 16.6. The number of hydrogen-bond donors (Lipinski definition) is 2. The molecule has 2 rings (SSSR count). The summed E-state index contributed by atoms with van der Waals surface area (Å²) in [7, 11) is 2.55. The van der Waals surface area contributed by atoms with Crippen LogP contribution in [0.2, 0.25) is 0 Å². The lowest BCUT2D eigenvalue weighted by Crippen LogP contribution is -2.43. The molecule has 0 fully saturated rings. The summed E-state index contributed by atoms with van der Waals surface area (Å²) in [6.07, 6.45) is 3.19. The second kappa shape index (κ2) is 21.7. The van der Waals surface area contributed by atoms with Gasteiger partial charge in [0.1, 0.15) is 12.1 Å². The molecule has 234 valence electrons. The summed E-state index contributed by atoms with van der Waals surface area (Å²) < 4.78 is 19.9. The Labute approximate surface area is 259 Å². The SMILES string of the molecule is COC(=O)[C@H](Cc1ccccc1)NC(=O)OCCCCC#CC#CCCCCOC(=O)N[C@@H](Cc1ccccc1)C(=O)OC. The molecule has 0 unspecified atom stereocenters. The van der Waals surface area contributed by atoms with E-state index in [1.54, 1.807) is 0 Å². The van der Waals surface area contributed by atoms with E-state index >= 15 is 0 Å². The van der Waals surface area contributed by atoms with Crippen molar-refractivity contribution in [2.24, 2.45) is 0 Å². The van der Waals surface area contributed by atoms with Gasteiger partial charge in [0.05, 0.1) is 27.4 Å². The predicted molar refractivity (Wildman–Crippen MR) is 164 cm³/mol. The van der Waals surface area contributed by atoms with E-state index in [9.17, 15) is 19.2 Å². The van der Waals surface area contributed by atoms with Crippen LogP contribution >= 0.6 is 0 Å². The fourth-order valence-corrected chi connectivity index (χ4v) is 3.91. The molecule has 0 saturated carbocycles. The molecule has 0 spiro atoms. The average Bonchev–Trinajstić information content (AvgIpc) is 3.04. The fourth-order valence-electron chi connectivity index (χ4n) is 3.91. The number of alkyl carbamates (subject to hydrolysis) is 2. The van der Waals surface area contributed by atoms with Gasteiger partial charge in [0.15, 0.2) is 0 Å². The first-order chi connectivity index (χ1) is 21.4. The molecule has 0 aliphatic heterocycles. The van der Waals surface area contributed by atoms with Crippen LogP contribution in [0.3, 0.4) is 0 Å². The number of hydrogen-bond acceptors (Lipinski definition) is 8. The Morgan fingerprint density at radius 3 is 1.36 bits per heavy atom. The first-order valence-corrected chi connectivity index (χ1v) is 14.5. The van der Waals surface area contributed by atoms with Crippen LogP contribution in [-0.4, -0.2) is 63.6 Å². The zero-order valence-corrected chi connectivity index (χ0v) is 25.3. The summed E-state index contributed by atoms with van der Waals surface area (Å²) >= 11 is 0. The van der Waals surface area contributed by atoms with Crippen LogP contribution in [0.25, 0.3) is 0 Å². The summed E-state index contributed by atoms with van der Waals surface area (Å²) in [6, 6.07) is 17.0. The molecule has 2 aromatic rings. The van der Waals surface area contributed by atoms with E-state index < -0.39 is 36.2 Å². The second-order valence-electron chi connectivity index (χ2n) is 9.61. The highest BCUT2D eigenvalue weighted by Crippen LogP contribution is 2.07. The summed E-state index contributed by atoms with van der Waals surface area (Å²) in [6.45, 7) is 0.407. The van der Waals surface area contributed by atoms with Crippen LogP contribution in [0.15, 0.2) is 60.7 Å². The Balaban J connectivity index is 1.53. The second-order valence-corrected chi connectivity index (χ2v) is 9.61. The molecule has 10 nitrogen and oxygen atoms in total. The van der Waals surface area contributed by atoms with Crippen molar-refractivity contribution in [1.82, 2.24) is 10.6 Å². The van der Waals surface area contributed by atoms with Crippen molar-refractivity contribution in [2.45, 2.75) is 63.5 Å². The third-order valence-electron chi connectivity index (χ3n) is 6.22. The number of amides is 2. The van der Waals surface area contributed by atoms with E-state index in [1.807, 2.05) is 60.7 Å². The number of rotatable bonds is 16. The lowest BCUT2D eigenvalue weighted by Gasteiger charge is -2.16. The molecule has 2 aromatic carbocycles. The number of carbonyl (C=O) groups excluding carboxylic acids is 4. The molecule has 2 atom stereocenters. The molecule has 2 N–H and O–H groups in total. The number of carbonyl (C=O) groups is 4. The first kappa shape index (κ1) is 35.2. The van der Waals surface area contributed by atoms with E-state index in [0.717, 1.165) is 24.0 Å². The van der Waals surface area contributed by atoms with Crippen molar-refractivity contribution in [3.63, 3.8) is 0 Å². The molecule has 0 heterocycles. The maximum Gasteiger partial charge on any atom is 0.407 e. The van der Waals surface area contributed by atoms with Gasteiger partial charge in [0.2, 0.25) is 0 Å². The minimum atomic E-state index is -0.831. The Morgan fingerprint density at radius 2 is 1.00 bits per heavy atom. The Hall–Kier alpha value is -4.96. The molecule has 0 aromatic heterocycles. The van der Waals surface area contributed by atoms with Crippen molar-refractivity contribution in [2.75, 3.05) is 27.4 Å². The van der Waals surface area contributed by atoms with Gasteiger partial charge in [-0.3, -0.25) is 0 Å². The van der Waals surface area contributed by atoms with Gasteiger partial charge in [-0.2, -0.15) is 0 Å². The van der Waals surface area contributed by atoms with Crippen molar-refractivity contribution in [3.05, 3.63) is 71.8 Å². The minimum absolute atomic E-state index is 0.203. The summed E-state index contributed by atoms with van der Waals surface area (Å²) in [5, 5.41) is 5.12. The Bertz CT molecular complexity index is 1190. The molecular weight excluding hydrogens is 564 g/mol. The van der Waals surface area contributed by atoms with Crippen LogP contribution < -0.4 is 10.6 Å². The quantitative estimate of drug-likeness (QED) is 0.125. The fraction of sp³-hybridized carbons (Fsp3) is 0.412. The van der Waals surface area contributed by atoms with Crippen molar-refractivity contribution in [3.8, 4) is 23.7 Å². The number of benzene rings is 2. The van der Waals surface area contributed by atoms with Crippen LogP contribution in [0, 0.1) is 23.7 Å². The van der Waals surface area contributed by atoms with E-state index in [2.05, 4.69) is 34.3 Å². The minimum Gasteiger partial charge on any atom is -0.467 e. The third-order valence-corrected chi connectivity index (χ3v) is 6.22. The van der Waals surface area contributed by atoms with Gasteiger partial charge in [0.25, 0.3) is 0 Å². The molecule has 0 radical (unpaired) electrons. The number of unbranched alkanes of at least 4 members (excludes halogenated alkanes) is 4. The van der Waals surface area contributed by atoms with Crippen molar-refractivity contribution < 1.29 is 38.1 Å². The molecule has 0 aliphatic carbocycles. The maximum atomic E-state index is 12.1. The molecular formula is C34H40N2O8. The highest BCUT2D eigenvalue weighted by molar-refractivity contribution is 5.82. The van der Waals surface area contributed by atoms with Gasteiger partial charge >= 0.3 is 24.1 Å². The van der Waals surface area contributed by atoms with E-state index in [1.165, 1.54) is 14.2 Å². The monoisotopic (exact) mass is 604 g/mol. The van der Waals surface area contributed by atoms with Crippen LogP contribution in [0.1, 0.15) is 49.7 Å².